The van der Waals surface area contributed by atoms with E-state index in [1.165, 1.54) is 0 Å². The van der Waals surface area contributed by atoms with Crippen LogP contribution in [0.1, 0.15) is 5.56 Å². The first-order chi connectivity index (χ1) is 8.29. The van der Waals surface area contributed by atoms with Crippen LogP contribution in [0.15, 0.2) is 42.5 Å². The first kappa shape index (κ1) is 11.9. The van der Waals surface area contributed by atoms with Gasteiger partial charge < -0.3 is 14.9 Å². The Balaban J connectivity index is 2.06. The normalized spacial score (nSPS) is 27.3. The van der Waals surface area contributed by atoms with Crippen LogP contribution in [0.3, 0.4) is 0 Å². The first-order valence-corrected chi connectivity index (χ1v) is 5.49. The summed E-state index contributed by atoms with van der Waals surface area (Å²) in [4.78, 5) is 0. The van der Waals surface area contributed by atoms with E-state index in [1.807, 2.05) is 30.3 Å². The number of aliphatic hydroxyl groups excluding tert-OH is 2. The smallest absolute Gasteiger partial charge is 0.137 e. The summed E-state index contributed by atoms with van der Waals surface area (Å²) in [6.07, 6.45) is 1.59. The third-order valence-electron chi connectivity index (χ3n) is 2.50. The monoisotopic (exact) mass is 230 g/mol. The molecule has 0 unspecified atom stereocenters. The van der Waals surface area contributed by atoms with E-state index in [4.69, 9.17) is 9.84 Å². The molecule has 0 radical (unpaired) electrons. The number of aliphatic hydroxyl groups is 2. The number of ether oxygens (including phenoxy) is 1. The molecule has 17 heavy (non-hydrogen) atoms. The van der Waals surface area contributed by atoms with Gasteiger partial charge in [-0.15, -0.1) is 0 Å². The van der Waals surface area contributed by atoms with Gasteiger partial charge in [0, 0.05) is 5.56 Å². The zero-order chi connectivity index (χ0) is 12.1. The minimum atomic E-state index is -0.755. The average Bonchev–Trinajstić information content (AvgIpc) is 2.39. The number of rotatable bonds is 1. The molecule has 3 heteroatoms. The van der Waals surface area contributed by atoms with Gasteiger partial charge in [-0.05, 0) is 18.2 Å². The Morgan fingerprint density at radius 3 is 2.65 bits per heavy atom. The lowest BCUT2D eigenvalue weighted by atomic mass is 10.1. The van der Waals surface area contributed by atoms with Gasteiger partial charge in [0.15, 0.2) is 0 Å². The topological polar surface area (TPSA) is 49.7 Å². The van der Waals surface area contributed by atoms with Crippen molar-refractivity contribution < 1.29 is 14.9 Å². The molecule has 1 aromatic carbocycles. The maximum Gasteiger partial charge on any atom is 0.137 e. The molecule has 0 spiro atoms. The van der Waals surface area contributed by atoms with Crippen LogP contribution >= 0.6 is 0 Å². The van der Waals surface area contributed by atoms with Crippen molar-refractivity contribution in [3.63, 3.8) is 0 Å². The molecule has 0 saturated heterocycles. The predicted octanol–water partition coefficient (Wildman–Crippen LogP) is 0.715. The lowest BCUT2D eigenvalue weighted by Crippen LogP contribution is -2.37. The van der Waals surface area contributed by atoms with E-state index < -0.39 is 12.2 Å². The summed E-state index contributed by atoms with van der Waals surface area (Å²) in [5.41, 5.74) is 0.913. The van der Waals surface area contributed by atoms with Crippen LogP contribution in [0, 0.1) is 11.8 Å². The Kier molecular flexibility index (Phi) is 3.94. The molecule has 0 aliphatic carbocycles. The highest BCUT2D eigenvalue weighted by Crippen LogP contribution is 2.12. The average molecular weight is 230 g/mol. The van der Waals surface area contributed by atoms with Gasteiger partial charge in [0.2, 0.25) is 0 Å². The molecule has 0 fully saturated rings. The first-order valence-electron chi connectivity index (χ1n) is 5.49. The van der Waals surface area contributed by atoms with Crippen LogP contribution in [0.25, 0.3) is 0 Å². The molecule has 1 aliphatic heterocycles. The quantitative estimate of drug-likeness (QED) is 0.552. The molecule has 3 atom stereocenters. The molecule has 2 N–H and O–H groups in total. The van der Waals surface area contributed by atoms with E-state index in [1.54, 1.807) is 12.2 Å². The van der Waals surface area contributed by atoms with Gasteiger partial charge in [-0.25, -0.2) is 0 Å². The number of hydrogen-bond acceptors (Lipinski definition) is 3. The van der Waals surface area contributed by atoms with E-state index in [-0.39, 0.29) is 12.7 Å². The second-order valence-electron chi connectivity index (χ2n) is 3.79. The molecule has 2 rings (SSSR count). The minimum Gasteiger partial charge on any atom is -0.394 e. The van der Waals surface area contributed by atoms with Crippen LogP contribution in [0.2, 0.25) is 0 Å². The molecular weight excluding hydrogens is 216 g/mol. The zero-order valence-corrected chi connectivity index (χ0v) is 9.28. The maximum absolute atomic E-state index is 9.45. The molecule has 1 heterocycles. The van der Waals surface area contributed by atoms with Crippen LogP contribution in [-0.4, -0.2) is 35.1 Å². The van der Waals surface area contributed by atoms with Crippen molar-refractivity contribution in [3.05, 3.63) is 48.0 Å². The highest BCUT2D eigenvalue weighted by atomic mass is 16.5. The summed E-state index contributed by atoms with van der Waals surface area (Å²) in [6.45, 7) is -0.213. The molecule has 0 saturated carbocycles. The van der Waals surface area contributed by atoms with Crippen molar-refractivity contribution in [3.8, 4) is 11.8 Å². The van der Waals surface area contributed by atoms with Crippen molar-refractivity contribution in [1.29, 1.82) is 0 Å². The van der Waals surface area contributed by atoms with Gasteiger partial charge in [-0.3, -0.25) is 0 Å². The number of hydrogen-bond donors (Lipinski definition) is 2. The zero-order valence-electron chi connectivity index (χ0n) is 9.28. The second kappa shape index (κ2) is 5.65. The van der Waals surface area contributed by atoms with Gasteiger partial charge in [0.1, 0.15) is 18.3 Å². The van der Waals surface area contributed by atoms with Crippen molar-refractivity contribution in [2.45, 2.75) is 18.3 Å². The third-order valence-corrected chi connectivity index (χ3v) is 2.50. The molecule has 1 aliphatic rings. The Morgan fingerprint density at radius 1 is 1.18 bits per heavy atom. The van der Waals surface area contributed by atoms with Crippen molar-refractivity contribution in [2.24, 2.45) is 0 Å². The fourth-order valence-electron chi connectivity index (χ4n) is 1.56. The summed E-state index contributed by atoms with van der Waals surface area (Å²) in [6, 6.07) is 9.60. The molecule has 0 amide bonds. The number of benzene rings is 1. The second-order valence-corrected chi connectivity index (χ2v) is 3.79. The van der Waals surface area contributed by atoms with Crippen LogP contribution in [0.5, 0.6) is 0 Å². The summed E-state index contributed by atoms with van der Waals surface area (Å²) in [5.74, 6) is 5.93. The fraction of sp³-hybridized carbons (Fsp3) is 0.286. The highest BCUT2D eigenvalue weighted by molar-refractivity contribution is 5.35. The molecule has 88 valence electrons. The molecule has 1 aromatic rings. The van der Waals surface area contributed by atoms with Gasteiger partial charge in [0.25, 0.3) is 0 Å². The van der Waals surface area contributed by atoms with Crippen molar-refractivity contribution >= 4 is 0 Å². The SMILES string of the molecule is OC[C@H]1O[C@H](C#Cc2ccccc2)C=C[C@H]1O. The Labute approximate surface area is 100 Å². The largest absolute Gasteiger partial charge is 0.394 e. The minimum absolute atomic E-state index is 0.213. The van der Waals surface area contributed by atoms with E-state index in [2.05, 4.69) is 11.8 Å². The van der Waals surface area contributed by atoms with Gasteiger partial charge in [0.05, 0.1) is 6.61 Å². The van der Waals surface area contributed by atoms with Crippen LogP contribution < -0.4 is 0 Å². The van der Waals surface area contributed by atoms with Gasteiger partial charge in [-0.2, -0.15) is 0 Å². The van der Waals surface area contributed by atoms with Crippen molar-refractivity contribution in [1.82, 2.24) is 0 Å². The molecule has 0 bridgehead atoms. The maximum atomic E-state index is 9.45. The Bertz CT molecular complexity index is 442. The van der Waals surface area contributed by atoms with E-state index in [0.717, 1.165) is 5.56 Å². The fourth-order valence-corrected chi connectivity index (χ4v) is 1.56. The summed E-state index contributed by atoms with van der Waals surface area (Å²) >= 11 is 0. The van der Waals surface area contributed by atoms with E-state index in [0.29, 0.717) is 0 Å². The van der Waals surface area contributed by atoms with E-state index >= 15 is 0 Å². The van der Waals surface area contributed by atoms with Crippen LogP contribution in [0.4, 0.5) is 0 Å². The molecular formula is C14H14O3. The lowest BCUT2D eigenvalue weighted by molar-refractivity contribution is -0.0629. The highest BCUT2D eigenvalue weighted by Gasteiger charge is 2.23. The Hall–Kier alpha value is -1.60. The van der Waals surface area contributed by atoms with Crippen LogP contribution in [-0.2, 0) is 4.74 Å². The van der Waals surface area contributed by atoms with Crippen molar-refractivity contribution in [2.75, 3.05) is 6.61 Å². The van der Waals surface area contributed by atoms with Gasteiger partial charge >= 0.3 is 0 Å². The molecule has 3 nitrogen and oxygen atoms in total. The third kappa shape index (κ3) is 3.18. The summed E-state index contributed by atoms with van der Waals surface area (Å²) in [5, 5.41) is 18.4. The van der Waals surface area contributed by atoms with E-state index in [9.17, 15) is 5.11 Å². The molecule has 0 aromatic heterocycles. The standard InChI is InChI=1S/C14H14O3/c15-10-14-13(16)9-8-12(17-14)7-6-11-4-2-1-3-5-11/h1-5,8-9,12-16H,10H2/t12-,13-,14-/m1/s1. The predicted molar refractivity (Wildman–Crippen MR) is 64.2 cm³/mol. The summed E-state index contributed by atoms with van der Waals surface area (Å²) in [7, 11) is 0. The summed E-state index contributed by atoms with van der Waals surface area (Å²) < 4.78 is 5.41. The Morgan fingerprint density at radius 2 is 1.94 bits per heavy atom. The lowest BCUT2D eigenvalue weighted by Gasteiger charge is -2.25. The van der Waals surface area contributed by atoms with Gasteiger partial charge in [-0.1, -0.05) is 36.1 Å².